The van der Waals surface area contributed by atoms with Crippen molar-refractivity contribution in [2.24, 2.45) is 0 Å². The largest absolute Gasteiger partial charge is 0.472 e. The molecule has 2 atom stereocenters. The Morgan fingerprint density at radius 1 is 0.914 bits per heavy atom. The van der Waals surface area contributed by atoms with Crippen molar-refractivity contribution in [2.45, 2.75) is 103 Å². The van der Waals surface area contributed by atoms with Gasteiger partial charge in [0.15, 0.2) is 0 Å². The number of amides is 1. The summed E-state index contributed by atoms with van der Waals surface area (Å²) in [6.07, 6.45) is 19.7. The average molecular weight is 522 g/mol. The van der Waals surface area contributed by atoms with Crippen LogP contribution in [-0.4, -0.2) is 73.9 Å². The number of hydrogen-bond acceptors (Lipinski definition) is 5. The number of phosphoric acid groups is 1. The molecule has 0 rings (SSSR count). The molecule has 0 fully saturated rings. The number of hydrogen-bond donors (Lipinski definition) is 3. The first-order chi connectivity index (χ1) is 16.6. The van der Waals surface area contributed by atoms with E-state index in [0.717, 1.165) is 25.7 Å². The van der Waals surface area contributed by atoms with E-state index in [1.54, 1.807) is 0 Å². The molecule has 0 aromatic heterocycles. The Morgan fingerprint density at radius 3 is 2.03 bits per heavy atom. The fourth-order valence-corrected chi connectivity index (χ4v) is 4.13. The molecule has 1 amide bonds. The lowest BCUT2D eigenvalue weighted by Gasteiger charge is -2.24. The fourth-order valence-electron chi connectivity index (χ4n) is 3.38. The van der Waals surface area contributed by atoms with E-state index in [9.17, 15) is 19.4 Å². The number of carbonyl (C=O) groups excluding carboxylic acids is 1. The zero-order chi connectivity index (χ0) is 26.4. The summed E-state index contributed by atoms with van der Waals surface area (Å²) in [5, 5.41) is 12.5. The molecule has 0 bridgehead atoms. The van der Waals surface area contributed by atoms with E-state index in [-0.39, 0.29) is 25.7 Å². The standard InChI is InChI=1S/C26H53N2O6P/c1-5-6-7-8-9-10-11-12-13-14-15-16-17-18-19-20-26(30)27-23-25(29)24-34-35(31,32)33-22-21-28(2,3)4/h12-13,25,29H,5-11,14-24H2,1-4H3,(H-,27,30,31,32)/p+1/b13-12+. The van der Waals surface area contributed by atoms with E-state index in [2.05, 4.69) is 24.4 Å². The van der Waals surface area contributed by atoms with Crippen molar-refractivity contribution in [3.05, 3.63) is 12.2 Å². The molecule has 0 saturated carbocycles. The first-order valence-electron chi connectivity index (χ1n) is 13.6. The molecule has 35 heavy (non-hydrogen) atoms. The molecule has 208 valence electrons. The second-order valence-corrected chi connectivity index (χ2v) is 11.9. The number of carbonyl (C=O) groups is 1. The van der Waals surface area contributed by atoms with E-state index in [0.29, 0.717) is 17.4 Å². The molecule has 0 saturated heterocycles. The quantitative estimate of drug-likeness (QED) is 0.0685. The normalized spacial score (nSPS) is 14.8. The van der Waals surface area contributed by atoms with Crippen molar-refractivity contribution in [1.82, 2.24) is 5.32 Å². The molecule has 0 radical (unpaired) electrons. The fraction of sp³-hybridized carbons (Fsp3) is 0.885. The van der Waals surface area contributed by atoms with Crippen LogP contribution in [0.25, 0.3) is 0 Å². The van der Waals surface area contributed by atoms with Gasteiger partial charge in [0.25, 0.3) is 0 Å². The van der Waals surface area contributed by atoms with Crippen LogP contribution in [-0.2, 0) is 18.4 Å². The van der Waals surface area contributed by atoms with Gasteiger partial charge in [-0.25, -0.2) is 4.57 Å². The Balaban J connectivity index is 3.59. The monoisotopic (exact) mass is 521 g/mol. The van der Waals surface area contributed by atoms with Crippen LogP contribution in [0, 0.1) is 0 Å². The minimum Gasteiger partial charge on any atom is -0.389 e. The van der Waals surface area contributed by atoms with Gasteiger partial charge in [-0.2, -0.15) is 0 Å². The molecule has 0 aliphatic heterocycles. The second-order valence-electron chi connectivity index (χ2n) is 10.4. The lowest BCUT2D eigenvalue weighted by Crippen LogP contribution is -2.37. The Kier molecular flexibility index (Phi) is 20.9. The molecule has 0 heterocycles. The lowest BCUT2D eigenvalue weighted by atomic mass is 10.1. The third-order valence-electron chi connectivity index (χ3n) is 5.65. The van der Waals surface area contributed by atoms with Crippen molar-refractivity contribution in [3.63, 3.8) is 0 Å². The predicted molar refractivity (Wildman–Crippen MR) is 143 cm³/mol. The zero-order valence-corrected chi connectivity index (χ0v) is 23.8. The van der Waals surface area contributed by atoms with Gasteiger partial charge in [0.2, 0.25) is 5.91 Å². The molecule has 0 spiro atoms. The number of aliphatic hydroxyl groups is 1. The molecule has 9 heteroatoms. The third-order valence-corrected chi connectivity index (χ3v) is 6.63. The highest BCUT2D eigenvalue weighted by atomic mass is 31.2. The Bertz CT molecular complexity index is 595. The van der Waals surface area contributed by atoms with Crippen molar-refractivity contribution >= 4 is 13.7 Å². The minimum absolute atomic E-state index is 0.0250. The summed E-state index contributed by atoms with van der Waals surface area (Å²) in [4.78, 5) is 21.6. The highest BCUT2D eigenvalue weighted by Crippen LogP contribution is 2.43. The number of allylic oxidation sites excluding steroid dienone is 2. The van der Waals surface area contributed by atoms with Gasteiger partial charge in [0, 0.05) is 13.0 Å². The maximum absolute atomic E-state index is 11.9. The SMILES string of the molecule is CCCCCCCC/C=C/CCCCCCCC(=O)NCC(O)COP(=O)(O)OCC[N+](C)(C)C. The van der Waals surface area contributed by atoms with Gasteiger partial charge >= 0.3 is 7.82 Å². The van der Waals surface area contributed by atoms with E-state index in [4.69, 9.17) is 9.05 Å². The van der Waals surface area contributed by atoms with E-state index >= 15 is 0 Å². The number of likely N-dealkylation sites (N-methyl/N-ethyl adjacent to an activating group) is 1. The van der Waals surface area contributed by atoms with Crippen LogP contribution in [0.15, 0.2) is 12.2 Å². The highest BCUT2D eigenvalue weighted by molar-refractivity contribution is 7.47. The maximum atomic E-state index is 11.9. The third kappa shape index (κ3) is 26.1. The van der Waals surface area contributed by atoms with E-state index in [1.165, 1.54) is 57.8 Å². The number of quaternary nitrogens is 1. The number of nitrogens with one attached hydrogen (secondary N) is 1. The van der Waals surface area contributed by atoms with Gasteiger partial charge in [-0.3, -0.25) is 13.8 Å². The molecule has 0 aromatic rings. The molecular weight excluding hydrogens is 467 g/mol. The minimum atomic E-state index is -4.21. The molecule has 0 aromatic carbocycles. The number of rotatable bonds is 24. The van der Waals surface area contributed by atoms with Crippen LogP contribution in [0.3, 0.4) is 0 Å². The molecule has 2 unspecified atom stereocenters. The summed E-state index contributed by atoms with van der Waals surface area (Å²) >= 11 is 0. The van der Waals surface area contributed by atoms with Crippen LogP contribution in [0.5, 0.6) is 0 Å². The number of phosphoric ester groups is 1. The summed E-state index contributed by atoms with van der Waals surface area (Å²) in [6.45, 7) is 2.45. The predicted octanol–water partition coefficient (Wildman–Crippen LogP) is 5.34. The van der Waals surface area contributed by atoms with Crippen molar-refractivity contribution < 1.29 is 32.9 Å². The Hall–Kier alpha value is -0.760. The molecule has 0 aliphatic carbocycles. The van der Waals surface area contributed by atoms with Gasteiger partial charge < -0.3 is 19.8 Å². The van der Waals surface area contributed by atoms with Gasteiger partial charge in [0.1, 0.15) is 13.2 Å². The van der Waals surface area contributed by atoms with Crippen LogP contribution in [0.4, 0.5) is 0 Å². The highest BCUT2D eigenvalue weighted by Gasteiger charge is 2.24. The molecule has 8 nitrogen and oxygen atoms in total. The van der Waals surface area contributed by atoms with Crippen molar-refractivity contribution in [2.75, 3.05) is 47.4 Å². The first kappa shape index (κ1) is 34.2. The molecule has 0 aliphatic rings. The average Bonchev–Trinajstić information content (AvgIpc) is 2.78. The smallest absolute Gasteiger partial charge is 0.389 e. The van der Waals surface area contributed by atoms with Crippen molar-refractivity contribution in [3.8, 4) is 0 Å². The molecular formula is C26H54N2O6P+. The summed E-state index contributed by atoms with van der Waals surface area (Å²) in [5.41, 5.74) is 0. The molecule has 3 N–H and O–H groups in total. The summed E-state index contributed by atoms with van der Waals surface area (Å²) in [5.74, 6) is -0.131. The summed E-state index contributed by atoms with van der Waals surface area (Å²) in [6, 6.07) is 0. The summed E-state index contributed by atoms with van der Waals surface area (Å²) < 4.78 is 22.1. The van der Waals surface area contributed by atoms with Crippen LogP contribution < -0.4 is 5.32 Å². The van der Waals surface area contributed by atoms with Gasteiger partial charge in [-0.15, -0.1) is 0 Å². The van der Waals surface area contributed by atoms with E-state index < -0.39 is 13.9 Å². The van der Waals surface area contributed by atoms with Gasteiger partial charge in [0.05, 0.1) is 33.9 Å². The topological polar surface area (TPSA) is 105 Å². The van der Waals surface area contributed by atoms with E-state index in [1.807, 2.05) is 21.1 Å². The first-order valence-corrected chi connectivity index (χ1v) is 15.1. The zero-order valence-electron chi connectivity index (χ0n) is 22.9. The Labute approximate surface area is 214 Å². The van der Waals surface area contributed by atoms with Crippen LogP contribution >= 0.6 is 7.82 Å². The number of nitrogens with zero attached hydrogens (tertiary/aromatic N) is 1. The van der Waals surface area contributed by atoms with Crippen LogP contribution in [0.1, 0.15) is 96.8 Å². The van der Waals surface area contributed by atoms with Gasteiger partial charge in [-0.05, 0) is 32.1 Å². The Morgan fingerprint density at radius 2 is 1.46 bits per heavy atom. The van der Waals surface area contributed by atoms with Crippen LogP contribution in [0.2, 0.25) is 0 Å². The van der Waals surface area contributed by atoms with Gasteiger partial charge in [-0.1, -0.05) is 70.4 Å². The maximum Gasteiger partial charge on any atom is 0.472 e. The van der Waals surface area contributed by atoms with Crippen molar-refractivity contribution in [1.29, 1.82) is 0 Å². The summed E-state index contributed by atoms with van der Waals surface area (Å²) in [7, 11) is 1.61. The second kappa shape index (κ2) is 21.3. The number of aliphatic hydroxyl groups excluding tert-OH is 1. The number of unbranched alkanes of at least 4 members (excludes halogenated alkanes) is 11. The lowest BCUT2D eigenvalue weighted by molar-refractivity contribution is -0.870.